The van der Waals surface area contributed by atoms with Gasteiger partial charge in [-0.15, -0.1) is 0 Å². The normalized spacial score (nSPS) is 22.9. The topological polar surface area (TPSA) is 70.7 Å². The average molecular weight is 447 g/mol. The van der Waals surface area contributed by atoms with E-state index in [0.717, 1.165) is 72.7 Å². The molecule has 0 spiro atoms. The number of hydrogen-bond acceptors (Lipinski definition) is 5. The summed E-state index contributed by atoms with van der Waals surface area (Å²) in [5, 5.41) is 0. The Morgan fingerprint density at radius 3 is 2.76 bits per heavy atom. The van der Waals surface area contributed by atoms with Crippen LogP contribution in [0.4, 0.5) is 0 Å². The predicted molar refractivity (Wildman–Crippen MR) is 125 cm³/mol. The van der Waals surface area contributed by atoms with E-state index in [1.54, 1.807) is 0 Å². The molecule has 33 heavy (non-hydrogen) atoms. The lowest BCUT2D eigenvalue weighted by Crippen LogP contribution is -2.40. The highest BCUT2D eigenvalue weighted by atomic mass is 16.6. The molecule has 1 aromatic heterocycles. The molecule has 3 aliphatic heterocycles. The van der Waals surface area contributed by atoms with Crippen molar-refractivity contribution in [3.05, 3.63) is 53.3 Å². The summed E-state index contributed by atoms with van der Waals surface area (Å²) in [6, 6.07) is 12.7. The van der Waals surface area contributed by atoms with Gasteiger partial charge in [0.2, 0.25) is 5.91 Å². The second-order valence-corrected chi connectivity index (χ2v) is 9.42. The fourth-order valence-corrected chi connectivity index (χ4v) is 5.57. The second-order valence-electron chi connectivity index (χ2n) is 9.42. The number of nitrogens with zero attached hydrogens (tertiary/aromatic N) is 3. The molecular weight excluding hydrogens is 416 g/mol. The first-order valence-electron chi connectivity index (χ1n) is 12.0. The van der Waals surface area contributed by atoms with Crippen LogP contribution in [0.3, 0.4) is 0 Å². The standard InChI is InChI=1S/C26H30N4O3/c1-17-6-8-19-20(14-17)28-26(27-19)22-5-2-10-29(22)16-25(31)30-11-3-4-21(30)18-7-9-23-24(15-18)33-13-12-32-23/h6-9,14-15,21-22H,2-5,10-13,16H2,1H3,(H,27,28). The van der Waals surface area contributed by atoms with Crippen LogP contribution in [-0.4, -0.2) is 58.5 Å². The number of ether oxygens (including phenoxy) is 2. The third-order valence-electron chi connectivity index (χ3n) is 7.20. The Morgan fingerprint density at radius 1 is 1.03 bits per heavy atom. The van der Waals surface area contributed by atoms with Crippen molar-refractivity contribution in [1.82, 2.24) is 19.8 Å². The van der Waals surface area contributed by atoms with E-state index in [2.05, 4.69) is 52.0 Å². The van der Waals surface area contributed by atoms with Crippen LogP contribution in [0.1, 0.15) is 54.7 Å². The van der Waals surface area contributed by atoms with Gasteiger partial charge >= 0.3 is 0 Å². The quantitative estimate of drug-likeness (QED) is 0.652. The molecular formula is C26H30N4O3. The number of aromatic amines is 1. The molecule has 2 unspecified atom stereocenters. The van der Waals surface area contributed by atoms with Crippen molar-refractivity contribution in [1.29, 1.82) is 0 Å². The number of benzene rings is 2. The maximum atomic E-state index is 13.5. The van der Waals surface area contributed by atoms with E-state index in [1.165, 1.54) is 5.56 Å². The minimum atomic E-state index is 0.101. The van der Waals surface area contributed by atoms with Gasteiger partial charge < -0.3 is 19.4 Å². The summed E-state index contributed by atoms with van der Waals surface area (Å²) in [4.78, 5) is 26.2. The largest absolute Gasteiger partial charge is 0.486 e. The van der Waals surface area contributed by atoms with E-state index in [9.17, 15) is 4.79 Å². The summed E-state index contributed by atoms with van der Waals surface area (Å²) in [5.74, 6) is 2.76. The summed E-state index contributed by atoms with van der Waals surface area (Å²) >= 11 is 0. The molecule has 2 fully saturated rings. The van der Waals surface area contributed by atoms with Gasteiger partial charge in [0.05, 0.1) is 29.7 Å². The smallest absolute Gasteiger partial charge is 0.237 e. The van der Waals surface area contributed by atoms with E-state index in [1.807, 2.05) is 6.07 Å². The van der Waals surface area contributed by atoms with Gasteiger partial charge in [-0.2, -0.15) is 0 Å². The Labute approximate surface area is 193 Å². The maximum absolute atomic E-state index is 13.5. The zero-order valence-electron chi connectivity index (χ0n) is 19.0. The van der Waals surface area contributed by atoms with Crippen LogP contribution in [-0.2, 0) is 4.79 Å². The molecule has 3 aromatic rings. The van der Waals surface area contributed by atoms with E-state index >= 15 is 0 Å². The maximum Gasteiger partial charge on any atom is 0.237 e. The lowest BCUT2D eigenvalue weighted by molar-refractivity contribution is -0.133. The molecule has 7 heteroatoms. The summed E-state index contributed by atoms with van der Waals surface area (Å²) < 4.78 is 11.4. The molecule has 2 atom stereocenters. The number of imidazole rings is 1. The van der Waals surface area contributed by atoms with Gasteiger partial charge in [-0.25, -0.2) is 4.98 Å². The zero-order chi connectivity index (χ0) is 22.4. The van der Waals surface area contributed by atoms with Gasteiger partial charge in [0, 0.05) is 6.54 Å². The van der Waals surface area contributed by atoms with Crippen LogP contribution in [0.15, 0.2) is 36.4 Å². The Hall–Kier alpha value is -3.06. The lowest BCUT2D eigenvalue weighted by Gasteiger charge is -2.30. The van der Waals surface area contributed by atoms with E-state index in [4.69, 9.17) is 14.5 Å². The number of carbonyl (C=O) groups excluding carboxylic acids is 1. The Bertz CT molecular complexity index is 1190. The number of rotatable bonds is 4. The lowest BCUT2D eigenvalue weighted by atomic mass is 10.0. The molecule has 0 bridgehead atoms. The SMILES string of the molecule is Cc1ccc2nc(C3CCCN3CC(=O)N3CCCC3c3ccc4c(c3)OCCO4)[nH]c2c1. The number of aryl methyl sites for hydroxylation is 1. The molecule has 0 radical (unpaired) electrons. The van der Waals surface area contributed by atoms with Crippen LogP contribution < -0.4 is 9.47 Å². The highest BCUT2D eigenvalue weighted by Crippen LogP contribution is 2.39. The molecule has 172 valence electrons. The number of hydrogen-bond donors (Lipinski definition) is 1. The van der Waals surface area contributed by atoms with Gasteiger partial charge in [-0.05, 0) is 74.5 Å². The molecule has 2 saturated heterocycles. The molecule has 1 amide bonds. The Kier molecular flexibility index (Phi) is 5.21. The summed E-state index contributed by atoms with van der Waals surface area (Å²) in [6.07, 6.45) is 4.12. The molecule has 6 rings (SSSR count). The van der Waals surface area contributed by atoms with Crippen molar-refractivity contribution in [2.45, 2.75) is 44.7 Å². The van der Waals surface area contributed by atoms with E-state index in [-0.39, 0.29) is 18.0 Å². The number of aromatic nitrogens is 2. The van der Waals surface area contributed by atoms with Crippen molar-refractivity contribution in [2.24, 2.45) is 0 Å². The Balaban J connectivity index is 1.19. The van der Waals surface area contributed by atoms with Crippen molar-refractivity contribution < 1.29 is 14.3 Å². The van der Waals surface area contributed by atoms with Crippen LogP contribution in [0.25, 0.3) is 11.0 Å². The first-order chi connectivity index (χ1) is 16.2. The molecule has 2 aromatic carbocycles. The average Bonchev–Trinajstić information content (AvgIpc) is 3.57. The zero-order valence-corrected chi connectivity index (χ0v) is 19.0. The molecule has 1 N–H and O–H groups in total. The molecule has 4 heterocycles. The minimum Gasteiger partial charge on any atom is -0.486 e. The fourth-order valence-electron chi connectivity index (χ4n) is 5.57. The summed E-state index contributed by atoms with van der Waals surface area (Å²) in [5.41, 5.74) is 4.42. The van der Waals surface area contributed by atoms with Gasteiger partial charge in [0.25, 0.3) is 0 Å². The number of likely N-dealkylation sites (tertiary alicyclic amines) is 2. The monoisotopic (exact) mass is 446 g/mol. The number of carbonyl (C=O) groups is 1. The van der Waals surface area contributed by atoms with Crippen LogP contribution in [0, 0.1) is 6.92 Å². The number of amides is 1. The fraction of sp³-hybridized carbons (Fsp3) is 0.462. The number of nitrogens with one attached hydrogen (secondary N) is 1. The molecule has 3 aliphatic rings. The molecule has 0 aliphatic carbocycles. The van der Waals surface area contributed by atoms with Crippen LogP contribution in [0.2, 0.25) is 0 Å². The van der Waals surface area contributed by atoms with Crippen LogP contribution in [0.5, 0.6) is 11.5 Å². The Morgan fingerprint density at radius 2 is 1.85 bits per heavy atom. The minimum absolute atomic E-state index is 0.101. The van der Waals surface area contributed by atoms with Gasteiger partial charge in [0.15, 0.2) is 11.5 Å². The van der Waals surface area contributed by atoms with E-state index < -0.39 is 0 Å². The van der Waals surface area contributed by atoms with Crippen molar-refractivity contribution in [3.63, 3.8) is 0 Å². The first-order valence-corrected chi connectivity index (χ1v) is 12.0. The highest BCUT2D eigenvalue weighted by molar-refractivity contribution is 5.79. The molecule has 0 saturated carbocycles. The van der Waals surface area contributed by atoms with Crippen molar-refractivity contribution in [3.8, 4) is 11.5 Å². The highest BCUT2D eigenvalue weighted by Gasteiger charge is 2.35. The molecule has 7 nitrogen and oxygen atoms in total. The van der Waals surface area contributed by atoms with Crippen molar-refractivity contribution in [2.75, 3.05) is 32.8 Å². The summed E-state index contributed by atoms with van der Waals surface area (Å²) in [7, 11) is 0. The number of fused-ring (bicyclic) bond motifs is 2. The first kappa shape index (κ1) is 20.5. The second kappa shape index (κ2) is 8.37. The van der Waals surface area contributed by atoms with Crippen molar-refractivity contribution >= 4 is 16.9 Å². The van der Waals surface area contributed by atoms with Gasteiger partial charge in [0.1, 0.15) is 19.0 Å². The number of H-pyrrole nitrogens is 1. The van der Waals surface area contributed by atoms with Gasteiger partial charge in [-0.1, -0.05) is 12.1 Å². The summed E-state index contributed by atoms with van der Waals surface area (Å²) in [6.45, 7) is 5.41. The predicted octanol–water partition coefficient (Wildman–Crippen LogP) is 4.14. The van der Waals surface area contributed by atoms with E-state index in [0.29, 0.717) is 19.8 Å². The van der Waals surface area contributed by atoms with Gasteiger partial charge in [-0.3, -0.25) is 9.69 Å². The third kappa shape index (κ3) is 3.84. The third-order valence-corrected chi connectivity index (χ3v) is 7.20. The van der Waals surface area contributed by atoms with Crippen LogP contribution >= 0.6 is 0 Å².